The number of benzene rings is 4. The van der Waals surface area contributed by atoms with Crippen molar-refractivity contribution in [2.45, 2.75) is 118 Å². The van der Waals surface area contributed by atoms with Crippen LogP contribution in [0.1, 0.15) is 91.5 Å². The third kappa shape index (κ3) is 29.3. The standard InChI is InChI=1S/C18H24O3Si2.C16H20O3Si2.9C2H6O.H2O.4Ti/c1-5-21-23(19,20)18(22(2,3)4)16-12-8-6-10-14(16)15-11-7-9-13-17(15)18;1-20(2,3)16(21(17,18)19)14-10-6-4-8-12(14)13-9-5-7-11-15(13)16;9*1-2-3;;;;;/h6-13,19-20H,5H2,1-4H3;4-11,17-19H,1-3H3;9*3H,2H2,1H3;1H2;;;;. The maximum absolute atomic E-state index is 11.2. The van der Waals surface area contributed by atoms with Gasteiger partial charge in [0.25, 0.3) is 0 Å². The van der Waals surface area contributed by atoms with Crippen LogP contribution in [0.4, 0.5) is 0 Å². The van der Waals surface area contributed by atoms with Gasteiger partial charge in [0.05, 0.1) is 25.5 Å². The minimum absolute atomic E-state index is 0. The Hall–Kier alpha value is -0.0353. The van der Waals surface area contributed by atoms with Gasteiger partial charge in [0.15, 0.2) is 0 Å². The summed E-state index contributed by atoms with van der Waals surface area (Å²) in [6.07, 6.45) is 0. The fourth-order valence-electron chi connectivity index (χ4n) is 8.10. The van der Waals surface area contributed by atoms with Gasteiger partial charge in [0.1, 0.15) is 0 Å². The largest absolute Gasteiger partial charge is 0.508 e. The minimum atomic E-state index is -4.45. The molecule has 0 saturated heterocycles. The normalized spacial score (nSPS) is 11.6. The monoisotopic (exact) mass is 1280 g/mol. The number of fused-ring (bicyclic) bond motifs is 6. The van der Waals surface area contributed by atoms with Crippen LogP contribution in [0.2, 0.25) is 39.3 Å². The van der Waals surface area contributed by atoms with Crippen LogP contribution in [0.15, 0.2) is 97.1 Å². The molecule has 0 spiro atoms. The van der Waals surface area contributed by atoms with E-state index < -0.39 is 43.1 Å². The average molecular weight is 1290 g/mol. The molecular formula is C52H100O16Si4Ti4. The SMILES string of the molecule is CCO.CCO.CCO.CCO.CCO.CCO.CCO.CCO.CCO.CCO[Si](O)(O)C1([Si](C)(C)C)c2ccccc2-c2ccccc21.C[Si](C)(C)C1([Si](O)(O)O)c2ccccc2-c2ccccc21.O.[Ti].[Ti].[Ti].[Ti]. The van der Waals surface area contributed by atoms with Gasteiger partial charge < -0.3 is 79.8 Å². The first-order chi connectivity index (χ1) is 33.2. The molecule has 0 aliphatic heterocycles. The van der Waals surface area contributed by atoms with E-state index in [4.69, 9.17) is 50.4 Å². The molecule has 0 aromatic heterocycles. The van der Waals surface area contributed by atoms with E-state index >= 15 is 0 Å². The third-order valence-electron chi connectivity index (χ3n) is 9.49. The van der Waals surface area contributed by atoms with E-state index in [9.17, 15) is 24.0 Å². The predicted molar refractivity (Wildman–Crippen MR) is 305 cm³/mol. The fourth-order valence-corrected chi connectivity index (χ4v) is 23.3. The fraction of sp³-hybridized carbons (Fsp3) is 0.538. The van der Waals surface area contributed by atoms with E-state index in [1.807, 2.05) is 91.9 Å². The van der Waals surface area contributed by atoms with E-state index in [2.05, 4.69) is 51.4 Å². The second-order valence-corrected chi connectivity index (χ2v) is 32.5. The molecule has 0 radical (unpaired) electrons. The second kappa shape index (κ2) is 54.2. The molecule has 0 unspecified atom stereocenters. The number of hydrogen-bond donors (Lipinski definition) is 14. The van der Waals surface area contributed by atoms with Crippen LogP contribution in [-0.4, -0.2) is 175 Å². The van der Waals surface area contributed by atoms with Crippen LogP contribution in [0.25, 0.3) is 22.3 Å². The minimum Gasteiger partial charge on any atom is -0.412 e. The van der Waals surface area contributed by atoms with E-state index in [-0.39, 0.29) is 152 Å². The van der Waals surface area contributed by atoms with Crippen LogP contribution in [-0.2, 0) is 101 Å². The molecule has 0 bridgehead atoms. The topological polar surface area (TPSA) is 324 Å². The first-order valence-electron chi connectivity index (χ1n) is 24.3. The molecule has 6 rings (SSSR count). The maximum Gasteiger partial charge on any atom is 0.508 e. The molecule has 24 heteroatoms. The zero-order chi connectivity index (χ0) is 56.7. The third-order valence-corrected chi connectivity index (χ3v) is 25.3. The summed E-state index contributed by atoms with van der Waals surface area (Å²) in [5.74, 6) is 0. The first-order valence-corrected chi connectivity index (χ1v) is 35.0. The number of aliphatic hydroxyl groups is 9. The Kier molecular flexibility index (Phi) is 70.0. The Morgan fingerprint density at radius 1 is 0.329 bits per heavy atom. The van der Waals surface area contributed by atoms with Crippen LogP contribution < -0.4 is 0 Å². The second-order valence-electron chi connectivity index (χ2n) is 16.7. The molecule has 0 heterocycles. The summed E-state index contributed by atoms with van der Waals surface area (Å²) < 4.78 is 3.83. The van der Waals surface area contributed by atoms with Gasteiger partial charge in [0, 0.05) is 153 Å². The van der Waals surface area contributed by atoms with Gasteiger partial charge in [-0.05, 0) is 114 Å². The van der Waals surface area contributed by atoms with Crippen molar-refractivity contribution in [3.8, 4) is 22.3 Å². The molecule has 4 aromatic rings. The Morgan fingerprint density at radius 2 is 0.487 bits per heavy atom. The Morgan fingerprint density at radius 3 is 0.632 bits per heavy atom. The summed E-state index contributed by atoms with van der Waals surface area (Å²) in [4.78, 5) is 53.8. The van der Waals surface area contributed by atoms with Crippen molar-refractivity contribution in [3.05, 3.63) is 119 Å². The molecule has 2 aliphatic carbocycles. The van der Waals surface area contributed by atoms with E-state index in [0.717, 1.165) is 44.5 Å². The Balaban J connectivity index is -0.0000000938. The molecule has 0 atom stereocenters. The van der Waals surface area contributed by atoms with Gasteiger partial charge in [-0.3, -0.25) is 0 Å². The number of rotatable bonds is 6. The quantitative estimate of drug-likeness (QED) is 0.116. The van der Waals surface area contributed by atoms with Crippen molar-refractivity contribution >= 4 is 33.8 Å². The van der Waals surface area contributed by atoms with Crippen molar-refractivity contribution in [2.75, 3.05) is 66.1 Å². The molecule has 0 amide bonds. The van der Waals surface area contributed by atoms with E-state index in [1.54, 1.807) is 62.3 Å². The van der Waals surface area contributed by atoms with Gasteiger partial charge >= 0.3 is 17.6 Å². The van der Waals surface area contributed by atoms with E-state index in [0.29, 0.717) is 6.61 Å². The molecule has 76 heavy (non-hydrogen) atoms. The summed E-state index contributed by atoms with van der Waals surface area (Å²) >= 11 is 0. The van der Waals surface area contributed by atoms with Gasteiger partial charge in [0.2, 0.25) is 0 Å². The van der Waals surface area contributed by atoms with Gasteiger partial charge in [-0.15, -0.1) is 0 Å². The molecule has 0 saturated carbocycles. The van der Waals surface area contributed by atoms with Crippen LogP contribution in [0, 0.1) is 0 Å². The summed E-state index contributed by atoms with van der Waals surface area (Å²) in [7, 11) is -12.8. The summed E-state index contributed by atoms with van der Waals surface area (Å²) in [6, 6.07) is 31.8. The molecule has 16 N–H and O–H groups in total. The van der Waals surface area contributed by atoms with E-state index in [1.165, 1.54) is 0 Å². The van der Waals surface area contributed by atoms with Gasteiger partial charge in [-0.1, -0.05) is 136 Å². The average Bonchev–Trinajstić information content (AvgIpc) is 3.77. The molecule has 2 aliphatic rings. The summed E-state index contributed by atoms with van der Waals surface area (Å²) in [5.41, 5.74) is 7.98. The summed E-state index contributed by atoms with van der Waals surface area (Å²) in [6.45, 7) is 32.3. The maximum atomic E-state index is 11.2. The van der Waals surface area contributed by atoms with Gasteiger partial charge in [-0.25, -0.2) is 0 Å². The molecule has 4 aromatic carbocycles. The van der Waals surface area contributed by atoms with Crippen molar-refractivity contribution in [2.24, 2.45) is 0 Å². The van der Waals surface area contributed by atoms with Crippen molar-refractivity contribution < 1.29 is 167 Å². The van der Waals surface area contributed by atoms with Gasteiger partial charge in [-0.2, -0.15) is 0 Å². The van der Waals surface area contributed by atoms with Crippen molar-refractivity contribution in [3.63, 3.8) is 0 Å². The van der Waals surface area contributed by atoms with Crippen molar-refractivity contribution in [1.82, 2.24) is 0 Å². The summed E-state index contributed by atoms with van der Waals surface area (Å²) in [5, 5.41) is 68.1. The number of aliphatic hydroxyl groups excluding tert-OH is 9. The first kappa shape index (κ1) is 98.1. The Bertz CT molecular complexity index is 1760. The number of hydrogen-bond acceptors (Lipinski definition) is 15. The van der Waals surface area contributed by atoms with Crippen LogP contribution in [0.3, 0.4) is 0 Å². The zero-order valence-electron chi connectivity index (χ0n) is 48.5. The smallest absolute Gasteiger partial charge is 0.412 e. The van der Waals surface area contributed by atoms with Crippen molar-refractivity contribution in [1.29, 1.82) is 0 Å². The predicted octanol–water partition coefficient (Wildman–Crippen LogP) is 4.77. The molecule has 16 nitrogen and oxygen atoms in total. The molecule has 436 valence electrons. The Labute approximate surface area is 521 Å². The van der Waals surface area contributed by atoms with Crippen LogP contribution in [0.5, 0.6) is 0 Å². The zero-order valence-corrected chi connectivity index (χ0v) is 58.7. The molecule has 0 fully saturated rings. The van der Waals surface area contributed by atoms with Crippen LogP contribution >= 0.6 is 0 Å². The molecular weight excluding hydrogens is 1180 g/mol.